The molecule has 0 unspecified atom stereocenters. The van der Waals surface area contributed by atoms with Gasteiger partial charge in [0.2, 0.25) is 0 Å². The van der Waals surface area contributed by atoms with E-state index < -0.39 is 7.82 Å². The first-order chi connectivity index (χ1) is 6.06. The molecule has 0 aromatic rings. The Balaban J connectivity index is 0. The maximum absolute atomic E-state index is 10.0. The van der Waals surface area contributed by atoms with Crippen molar-refractivity contribution in [2.24, 2.45) is 0 Å². The average Bonchev–Trinajstić information content (AvgIpc) is 2.01. The number of phosphoric acid groups is 1. The molecule has 0 N–H and O–H groups in total. The maximum atomic E-state index is 10.0. The van der Waals surface area contributed by atoms with E-state index in [-0.39, 0.29) is 28.3 Å². The number of rotatable bonds is 8. The van der Waals surface area contributed by atoms with Crippen molar-refractivity contribution in [1.29, 1.82) is 0 Å². The topological polar surface area (TPSA) is 72.4 Å². The van der Waals surface area contributed by atoms with E-state index in [4.69, 9.17) is 0 Å². The van der Waals surface area contributed by atoms with E-state index in [0.29, 0.717) is 6.42 Å². The van der Waals surface area contributed by atoms with Crippen molar-refractivity contribution in [3.05, 3.63) is 0 Å². The van der Waals surface area contributed by atoms with Crippen LogP contribution in [-0.2, 0) is 30.8 Å². The number of unbranched alkanes of at least 4 members (excludes halogenated alkanes) is 5. The summed E-state index contributed by atoms with van der Waals surface area (Å²) in [6.45, 7) is 2.17. The Hall–Kier alpha value is 0.824. The zero-order chi connectivity index (χ0) is 10.2. The van der Waals surface area contributed by atoms with Crippen LogP contribution in [0.3, 0.4) is 0 Å². The molecular weight excluding hydrogens is 239 g/mol. The summed E-state index contributed by atoms with van der Waals surface area (Å²) in [6.07, 6.45) is 6.23. The van der Waals surface area contributed by atoms with Crippen LogP contribution >= 0.6 is 7.82 Å². The zero-order valence-electron chi connectivity index (χ0n) is 8.53. The van der Waals surface area contributed by atoms with Crippen molar-refractivity contribution in [2.45, 2.75) is 45.4 Å². The molecule has 0 aliphatic carbocycles. The van der Waals surface area contributed by atoms with Crippen LogP contribution in [-0.4, -0.2) is 6.61 Å². The first-order valence-corrected chi connectivity index (χ1v) is 6.19. The summed E-state index contributed by atoms with van der Waals surface area (Å²) in [6, 6.07) is 0. The Morgan fingerprint density at radius 3 is 2.07 bits per heavy atom. The minimum Gasteiger partial charge on any atom is -0.790 e. The second-order valence-electron chi connectivity index (χ2n) is 3.05. The van der Waals surface area contributed by atoms with Crippen LogP contribution in [0, 0.1) is 0 Å². The second-order valence-corrected chi connectivity index (χ2v) is 4.20. The Bertz CT molecular complexity index is 159. The summed E-state index contributed by atoms with van der Waals surface area (Å²) >= 11 is 0. The van der Waals surface area contributed by atoms with Crippen LogP contribution in [0.2, 0.25) is 0 Å². The molecule has 4 nitrogen and oxygen atoms in total. The molecule has 0 amide bonds. The second kappa shape index (κ2) is 10.3. The average molecular weight is 256 g/mol. The van der Waals surface area contributed by atoms with Crippen molar-refractivity contribution >= 4 is 7.82 Å². The van der Waals surface area contributed by atoms with E-state index in [1.54, 1.807) is 0 Å². The molecule has 0 aromatic carbocycles. The summed E-state index contributed by atoms with van der Waals surface area (Å²) < 4.78 is 14.1. The molecule has 0 aliphatic heterocycles. The smallest absolute Gasteiger partial charge is 0.790 e. The molecule has 0 aromatic heterocycles. The number of phosphoric ester groups is 1. The van der Waals surface area contributed by atoms with Gasteiger partial charge in [-0.15, -0.1) is 0 Å². The predicted octanol–water partition coefficient (Wildman–Crippen LogP) is 1.19. The standard InChI is InChI=1S/C8H19O4P.Ti/c1-2-3-4-5-6-7-8-12-13(9,10)11;/h2-8H2,1H3,(H2,9,10,11);/q;+2/p-2. The van der Waals surface area contributed by atoms with Gasteiger partial charge in [0.05, 0.1) is 14.4 Å². The van der Waals surface area contributed by atoms with Crippen molar-refractivity contribution in [3.63, 3.8) is 0 Å². The predicted molar refractivity (Wildman–Crippen MR) is 46.9 cm³/mol. The van der Waals surface area contributed by atoms with Crippen LogP contribution < -0.4 is 9.79 Å². The van der Waals surface area contributed by atoms with Crippen LogP contribution in [0.25, 0.3) is 0 Å². The SMILES string of the molecule is CCCCCCCCOP(=O)([O-])[O-].[Ti+2]. The van der Waals surface area contributed by atoms with Crippen LogP contribution in [0.15, 0.2) is 0 Å². The van der Waals surface area contributed by atoms with E-state index in [1.807, 2.05) is 0 Å². The zero-order valence-corrected chi connectivity index (χ0v) is 11.0. The molecule has 0 bridgehead atoms. The van der Waals surface area contributed by atoms with Gasteiger partial charge in [-0.05, 0) is 6.42 Å². The minimum atomic E-state index is -4.73. The van der Waals surface area contributed by atoms with E-state index in [0.717, 1.165) is 12.8 Å². The molecule has 14 heavy (non-hydrogen) atoms. The van der Waals surface area contributed by atoms with Gasteiger partial charge in [0.1, 0.15) is 0 Å². The van der Waals surface area contributed by atoms with Gasteiger partial charge in [-0.1, -0.05) is 39.0 Å². The fourth-order valence-electron chi connectivity index (χ4n) is 1.06. The minimum absolute atomic E-state index is 0. The van der Waals surface area contributed by atoms with Gasteiger partial charge in [-0.25, -0.2) is 0 Å². The van der Waals surface area contributed by atoms with Gasteiger partial charge < -0.3 is 18.9 Å². The molecule has 0 saturated carbocycles. The molecular formula is C8H17O4PTi. The van der Waals surface area contributed by atoms with Gasteiger partial charge in [0.25, 0.3) is 0 Å². The summed E-state index contributed by atoms with van der Waals surface area (Å²) in [5.74, 6) is 0. The maximum Gasteiger partial charge on any atom is 2.00 e. The number of hydrogen-bond acceptors (Lipinski definition) is 4. The summed E-state index contributed by atoms with van der Waals surface area (Å²) in [5.41, 5.74) is 0. The molecule has 6 heteroatoms. The Kier molecular flexibility index (Phi) is 12.7. The third-order valence-corrected chi connectivity index (χ3v) is 2.25. The van der Waals surface area contributed by atoms with E-state index in [1.165, 1.54) is 19.3 Å². The van der Waals surface area contributed by atoms with Crippen molar-refractivity contribution in [1.82, 2.24) is 0 Å². The van der Waals surface area contributed by atoms with E-state index in [9.17, 15) is 14.4 Å². The fraction of sp³-hybridized carbons (Fsp3) is 1.00. The van der Waals surface area contributed by atoms with Gasteiger partial charge in [-0.2, -0.15) is 0 Å². The normalized spacial score (nSPS) is 11.1. The molecule has 0 heterocycles. The van der Waals surface area contributed by atoms with Gasteiger partial charge >= 0.3 is 21.7 Å². The summed E-state index contributed by atoms with van der Waals surface area (Å²) in [5, 5.41) is 0. The first-order valence-electron chi connectivity index (χ1n) is 4.73. The van der Waals surface area contributed by atoms with Gasteiger partial charge in [-0.3, -0.25) is 0 Å². The molecule has 0 rings (SSSR count). The number of hydrogen-bond donors (Lipinski definition) is 0. The third kappa shape index (κ3) is 15.3. The molecule has 0 saturated heterocycles. The molecule has 82 valence electrons. The molecule has 0 aliphatic rings. The van der Waals surface area contributed by atoms with Gasteiger partial charge in [0, 0.05) is 0 Å². The molecule has 0 spiro atoms. The first kappa shape index (κ1) is 17.2. The Morgan fingerprint density at radius 1 is 1.07 bits per heavy atom. The van der Waals surface area contributed by atoms with Crippen molar-refractivity contribution < 1.29 is 40.6 Å². The summed E-state index contributed by atoms with van der Waals surface area (Å²) in [4.78, 5) is 20.0. The summed E-state index contributed by atoms with van der Waals surface area (Å²) in [7, 11) is -4.73. The monoisotopic (exact) mass is 256 g/mol. The quantitative estimate of drug-likeness (QED) is 0.371. The van der Waals surface area contributed by atoms with Crippen LogP contribution in [0.1, 0.15) is 45.4 Å². The van der Waals surface area contributed by atoms with Gasteiger partial charge in [0.15, 0.2) is 0 Å². The largest absolute Gasteiger partial charge is 2.00 e. The molecule has 0 fully saturated rings. The van der Waals surface area contributed by atoms with Crippen molar-refractivity contribution in [3.8, 4) is 0 Å². The van der Waals surface area contributed by atoms with Crippen LogP contribution in [0.5, 0.6) is 0 Å². The Labute approximate surface area is 101 Å². The third-order valence-electron chi connectivity index (χ3n) is 1.75. The molecule has 0 atom stereocenters. The fourth-order valence-corrected chi connectivity index (χ4v) is 1.41. The van der Waals surface area contributed by atoms with Crippen LogP contribution in [0.4, 0.5) is 0 Å². The van der Waals surface area contributed by atoms with Crippen molar-refractivity contribution in [2.75, 3.05) is 6.61 Å². The van der Waals surface area contributed by atoms with E-state index >= 15 is 0 Å². The Morgan fingerprint density at radius 2 is 1.57 bits per heavy atom. The van der Waals surface area contributed by atoms with E-state index in [2.05, 4.69) is 11.4 Å². The molecule has 0 radical (unpaired) electrons.